The zero-order valence-corrected chi connectivity index (χ0v) is 19.8. The molecule has 1 unspecified atom stereocenters. The fourth-order valence-corrected chi connectivity index (χ4v) is 3.36. The van der Waals surface area contributed by atoms with Crippen molar-refractivity contribution in [1.82, 2.24) is 10.1 Å². The average molecular weight is 488 g/mol. The number of rotatable bonds is 10. The molecule has 4 rings (SSSR count). The lowest BCUT2D eigenvalue weighted by Crippen LogP contribution is -2.26. The average Bonchev–Trinajstić information content (AvgIpc) is 3.33. The van der Waals surface area contributed by atoms with E-state index in [1.165, 1.54) is 0 Å². The van der Waals surface area contributed by atoms with Crippen LogP contribution in [-0.4, -0.2) is 28.6 Å². The molecule has 0 aliphatic carbocycles. The fraction of sp³-hybridized carbons (Fsp3) is 0.185. The van der Waals surface area contributed by atoms with Gasteiger partial charge in [0.05, 0.1) is 17.9 Å². The predicted octanol–water partition coefficient (Wildman–Crippen LogP) is 4.89. The molecule has 1 N–H and O–H groups in total. The Morgan fingerprint density at radius 1 is 0.944 bits per heavy atom. The molecular formula is C27H25N3O6. The van der Waals surface area contributed by atoms with Gasteiger partial charge in [0.2, 0.25) is 17.8 Å². The number of benzene rings is 3. The molecule has 1 aromatic heterocycles. The summed E-state index contributed by atoms with van der Waals surface area (Å²) in [7, 11) is 0. The summed E-state index contributed by atoms with van der Waals surface area (Å²) >= 11 is 0. The number of aromatic nitrogens is 2. The van der Waals surface area contributed by atoms with Crippen LogP contribution in [0.2, 0.25) is 0 Å². The van der Waals surface area contributed by atoms with Crippen LogP contribution in [0.25, 0.3) is 0 Å². The number of para-hydroxylation sites is 2. The number of ether oxygens (including phenoxy) is 3. The Morgan fingerprint density at radius 3 is 2.36 bits per heavy atom. The molecule has 1 heterocycles. The molecule has 0 bridgehead atoms. The number of esters is 1. The molecule has 0 saturated carbocycles. The van der Waals surface area contributed by atoms with E-state index in [2.05, 4.69) is 15.5 Å². The van der Waals surface area contributed by atoms with Gasteiger partial charge in [-0.25, -0.2) is 4.79 Å². The first-order chi connectivity index (χ1) is 17.5. The molecule has 0 aliphatic rings. The van der Waals surface area contributed by atoms with Gasteiger partial charge >= 0.3 is 5.97 Å². The van der Waals surface area contributed by atoms with Gasteiger partial charge in [-0.2, -0.15) is 4.98 Å². The van der Waals surface area contributed by atoms with Crippen LogP contribution in [0.4, 0.5) is 5.69 Å². The van der Waals surface area contributed by atoms with Crippen molar-refractivity contribution in [1.29, 1.82) is 0 Å². The third kappa shape index (κ3) is 6.26. The van der Waals surface area contributed by atoms with Gasteiger partial charge in [0, 0.05) is 12.5 Å². The van der Waals surface area contributed by atoms with Gasteiger partial charge in [0.25, 0.3) is 5.91 Å². The number of hydrogen-bond donors (Lipinski definition) is 1. The van der Waals surface area contributed by atoms with E-state index in [1.54, 1.807) is 73.7 Å². The summed E-state index contributed by atoms with van der Waals surface area (Å²) in [6.07, 6.45) is -1.18. The number of aryl methyl sites for hydroxylation is 1. The summed E-state index contributed by atoms with van der Waals surface area (Å²) in [5.74, 6) is 0.745. The third-order valence-corrected chi connectivity index (χ3v) is 5.04. The van der Waals surface area contributed by atoms with Crippen LogP contribution < -0.4 is 14.8 Å². The molecule has 1 amide bonds. The molecule has 184 valence electrons. The zero-order chi connectivity index (χ0) is 25.3. The highest BCUT2D eigenvalue weighted by Crippen LogP contribution is 2.27. The van der Waals surface area contributed by atoms with E-state index >= 15 is 0 Å². The Labute approximate surface area is 208 Å². The maximum atomic E-state index is 13.2. The molecule has 3 aromatic carbocycles. The number of hydrogen-bond acceptors (Lipinski definition) is 8. The third-order valence-electron chi connectivity index (χ3n) is 5.04. The van der Waals surface area contributed by atoms with Gasteiger partial charge in [0.15, 0.2) is 6.61 Å². The first-order valence-corrected chi connectivity index (χ1v) is 11.3. The summed E-state index contributed by atoms with van der Waals surface area (Å²) in [5.41, 5.74) is 1.29. The molecule has 9 nitrogen and oxygen atoms in total. The van der Waals surface area contributed by atoms with Gasteiger partial charge in [-0.15, -0.1) is 0 Å². The predicted molar refractivity (Wildman–Crippen MR) is 131 cm³/mol. The molecular weight excluding hydrogens is 462 g/mol. The largest absolute Gasteiger partial charge is 0.492 e. The maximum absolute atomic E-state index is 13.2. The van der Waals surface area contributed by atoms with Crippen LogP contribution in [0.5, 0.6) is 11.5 Å². The summed E-state index contributed by atoms with van der Waals surface area (Å²) < 4.78 is 21.8. The van der Waals surface area contributed by atoms with Crippen LogP contribution in [0.3, 0.4) is 0 Å². The molecule has 0 spiro atoms. The van der Waals surface area contributed by atoms with E-state index in [9.17, 15) is 9.59 Å². The monoisotopic (exact) mass is 487 g/mol. The number of nitrogens with one attached hydrogen (secondary N) is 1. The molecule has 0 aliphatic heterocycles. The summed E-state index contributed by atoms with van der Waals surface area (Å²) in [4.78, 5) is 30.2. The fourth-order valence-electron chi connectivity index (χ4n) is 3.36. The Morgan fingerprint density at radius 2 is 1.67 bits per heavy atom. The van der Waals surface area contributed by atoms with Crippen LogP contribution in [0, 0.1) is 6.92 Å². The van der Waals surface area contributed by atoms with Gasteiger partial charge in [-0.05, 0) is 43.3 Å². The first-order valence-electron chi connectivity index (χ1n) is 11.3. The second-order valence-corrected chi connectivity index (χ2v) is 7.66. The highest BCUT2D eigenvalue weighted by Gasteiger charge is 2.26. The zero-order valence-electron chi connectivity index (χ0n) is 19.8. The Hall–Kier alpha value is -4.66. The molecule has 0 radical (unpaired) electrons. The smallest absolute Gasteiger partial charge is 0.339 e. The van der Waals surface area contributed by atoms with Gasteiger partial charge < -0.3 is 24.1 Å². The molecule has 0 saturated heterocycles. The van der Waals surface area contributed by atoms with Crippen LogP contribution in [-0.2, 0) is 16.1 Å². The Balaban J connectivity index is 1.46. The number of carbonyl (C=O) groups is 2. The number of anilines is 1. The van der Waals surface area contributed by atoms with Crippen molar-refractivity contribution in [2.45, 2.75) is 26.6 Å². The second-order valence-electron chi connectivity index (χ2n) is 7.66. The van der Waals surface area contributed by atoms with Gasteiger partial charge in [-0.3, -0.25) is 4.79 Å². The molecule has 0 fully saturated rings. The SMILES string of the molecule is CCOc1ccccc1NC(=O)C(OC(=O)c1ccc(OCc2noc(C)n2)cc1)c1ccccc1. The van der Waals surface area contributed by atoms with E-state index in [4.69, 9.17) is 18.7 Å². The van der Waals surface area contributed by atoms with Crippen molar-refractivity contribution in [3.05, 3.63) is 102 Å². The summed E-state index contributed by atoms with van der Waals surface area (Å²) in [6.45, 7) is 4.12. The van der Waals surface area contributed by atoms with Gasteiger partial charge in [-0.1, -0.05) is 47.6 Å². The minimum atomic E-state index is -1.18. The van der Waals surface area contributed by atoms with E-state index in [1.807, 2.05) is 19.1 Å². The molecule has 36 heavy (non-hydrogen) atoms. The highest BCUT2D eigenvalue weighted by atomic mass is 16.5. The molecule has 9 heteroatoms. The van der Waals surface area contributed by atoms with E-state index in [0.29, 0.717) is 41.1 Å². The number of nitrogens with zero attached hydrogens (tertiary/aromatic N) is 2. The lowest BCUT2D eigenvalue weighted by Gasteiger charge is -2.19. The van der Waals surface area contributed by atoms with Crippen molar-refractivity contribution in [3.8, 4) is 11.5 Å². The minimum Gasteiger partial charge on any atom is -0.492 e. The minimum absolute atomic E-state index is 0.126. The van der Waals surface area contributed by atoms with Crippen LogP contribution in [0.15, 0.2) is 83.4 Å². The van der Waals surface area contributed by atoms with Crippen molar-refractivity contribution >= 4 is 17.6 Å². The number of amides is 1. The van der Waals surface area contributed by atoms with Gasteiger partial charge in [0.1, 0.15) is 11.5 Å². The van der Waals surface area contributed by atoms with Crippen LogP contribution >= 0.6 is 0 Å². The van der Waals surface area contributed by atoms with Crippen molar-refractivity contribution < 1.29 is 28.3 Å². The lowest BCUT2D eigenvalue weighted by atomic mass is 10.1. The van der Waals surface area contributed by atoms with E-state index in [0.717, 1.165) is 0 Å². The Bertz CT molecular complexity index is 1300. The maximum Gasteiger partial charge on any atom is 0.339 e. The molecule has 1 atom stereocenters. The first kappa shape index (κ1) is 24.5. The van der Waals surface area contributed by atoms with Crippen LogP contribution in [0.1, 0.15) is 40.7 Å². The van der Waals surface area contributed by atoms with E-state index in [-0.39, 0.29) is 12.2 Å². The van der Waals surface area contributed by atoms with E-state index < -0.39 is 18.0 Å². The molecule has 4 aromatic rings. The topological polar surface area (TPSA) is 113 Å². The lowest BCUT2D eigenvalue weighted by molar-refractivity contribution is -0.125. The van der Waals surface area contributed by atoms with Crippen molar-refractivity contribution in [3.63, 3.8) is 0 Å². The summed E-state index contributed by atoms with van der Waals surface area (Å²) in [6, 6.07) is 22.3. The number of carbonyl (C=O) groups excluding carboxylic acids is 2. The quantitative estimate of drug-likeness (QED) is 0.315. The highest BCUT2D eigenvalue weighted by molar-refractivity contribution is 5.99. The van der Waals surface area contributed by atoms with Crippen molar-refractivity contribution in [2.75, 3.05) is 11.9 Å². The second kappa shape index (κ2) is 11.7. The van der Waals surface area contributed by atoms with Crippen molar-refractivity contribution in [2.24, 2.45) is 0 Å². The standard InChI is InChI=1S/C27H25N3O6/c1-3-33-23-12-8-7-11-22(23)29-26(31)25(19-9-5-4-6-10-19)35-27(32)20-13-15-21(16-14-20)34-17-24-28-18(2)36-30-24/h4-16,25H,3,17H2,1-2H3,(H,29,31). The summed E-state index contributed by atoms with van der Waals surface area (Å²) in [5, 5.41) is 6.58. The normalized spacial score (nSPS) is 11.4. The Kier molecular flexibility index (Phi) is 7.92.